The monoisotopic (exact) mass is 249 g/mol. The summed E-state index contributed by atoms with van der Waals surface area (Å²) in [5, 5.41) is 2.07. The zero-order valence-corrected chi connectivity index (χ0v) is 10.6. The van der Waals surface area contributed by atoms with Gasteiger partial charge in [-0.05, 0) is 42.5 Å². The first-order valence-corrected chi connectivity index (χ1v) is 5.56. The molecule has 0 atom stereocenters. The number of ether oxygens (including phenoxy) is 1. The van der Waals surface area contributed by atoms with Crippen molar-refractivity contribution in [3.63, 3.8) is 0 Å². The standard InChI is InChI=1S/C13H12ClNO2/c1-7-4-9-6-11(13(16)17-3)15-12(14)10(9)5-8(7)2/h4-6H,1-3H3. The SMILES string of the molecule is COC(=O)c1cc2cc(C)c(C)cc2c(Cl)n1. The number of aryl methyl sites for hydroxylation is 2. The van der Waals surface area contributed by atoms with Gasteiger partial charge in [-0.15, -0.1) is 0 Å². The second-order valence-corrected chi connectivity index (χ2v) is 4.31. The Morgan fingerprint density at radius 2 is 1.88 bits per heavy atom. The Bertz CT molecular complexity index is 608. The number of carbonyl (C=O) groups excluding carboxylic acids is 1. The van der Waals surface area contributed by atoms with Crippen LogP contribution in [0.5, 0.6) is 0 Å². The van der Waals surface area contributed by atoms with Gasteiger partial charge in [0.15, 0.2) is 5.69 Å². The molecule has 3 nitrogen and oxygen atoms in total. The number of carbonyl (C=O) groups is 1. The predicted octanol–water partition coefficient (Wildman–Crippen LogP) is 3.29. The Kier molecular flexibility index (Phi) is 3.03. The lowest BCUT2D eigenvalue weighted by Crippen LogP contribution is -2.04. The van der Waals surface area contributed by atoms with Gasteiger partial charge >= 0.3 is 5.97 Å². The summed E-state index contributed by atoms with van der Waals surface area (Å²) in [5.74, 6) is -0.480. The van der Waals surface area contributed by atoms with Crippen LogP contribution in [0.15, 0.2) is 18.2 Å². The average Bonchev–Trinajstić information content (AvgIpc) is 2.30. The second kappa shape index (κ2) is 4.34. The number of halogens is 1. The number of aromatic nitrogens is 1. The van der Waals surface area contributed by atoms with Crippen LogP contribution in [-0.4, -0.2) is 18.1 Å². The van der Waals surface area contributed by atoms with Crippen molar-refractivity contribution in [2.75, 3.05) is 7.11 Å². The van der Waals surface area contributed by atoms with E-state index in [1.807, 2.05) is 26.0 Å². The van der Waals surface area contributed by atoms with Crippen LogP contribution in [-0.2, 0) is 4.74 Å². The fourth-order valence-electron chi connectivity index (χ4n) is 1.69. The molecule has 0 aliphatic carbocycles. The van der Waals surface area contributed by atoms with Gasteiger partial charge in [0.1, 0.15) is 5.15 Å². The van der Waals surface area contributed by atoms with Crippen LogP contribution >= 0.6 is 11.6 Å². The highest BCUT2D eigenvalue weighted by Crippen LogP contribution is 2.26. The van der Waals surface area contributed by atoms with Crippen LogP contribution in [0.3, 0.4) is 0 Å². The maximum Gasteiger partial charge on any atom is 0.356 e. The summed E-state index contributed by atoms with van der Waals surface area (Å²) >= 11 is 6.07. The van der Waals surface area contributed by atoms with Crippen molar-refractivity contribution in [3.8, 4) is 0 Å². The zero-order chi connectivity index (χ0) is 12.6. The molecule has 4 heteroatoms. The molecule has 0 aliphatic heterocycles. The van der Waals surface area contributed by atoms with E-state index in [1.165, 1.54) is 7.11 Å². The molecule has 0 amide bonds. The highest BCUT2D eigenvalue weighted by Gasteiger charge is 2.12. The summed E-state index contributed by atoms with van der Waals surface area (Å²) in [4.78, 5) is 15.5. The lowest BCUT2D eigenvalue weighted by Gasteiger charge is -2.07. The topological polar surface area (TPSA) is 39.2 Å². The smallest absolute Gasteiger partial charge is 0.356 e. The van der Waals surface area contributed by atoms with E-state index in [9.17, 15) is 4.79 Å². The van der Waals surface area contributed by atoms with Crippen LogP contribution in [0, 0.1) is 13.8 Å². The quantitative estimate of drug-likeness (QED) is 0.575. The molecule has 0 bridgehead atoms. The summed E-state index contributed by atoms with van der Waals surface area (Å²) in [6.07, 6.45) is 0. The highest BCUT2D eigenvalue weighted by molar-refractivity contribution is 6.34. The van der Waals surface area contributed by atoms with Crippen molar-refractivity contribution < 1.29 is 9.53 Å². The second-order valence-electron chi connectivity index (χ2n) is 3.95. The molecule has 1 heterocycles. The number of hydrogen-bond donors (Lipinski definition) is 0. The van der Waals surface area contributed by atoms with Crippen LogP contribution in [0.25, 0.3) is 10.8 Å². The minimum absolute atomic E-state index is 0.230. The van der Waals surface area contributed by atoms with E-state index in [2.05, 4.69) is 9.72 Å². The Labute approximate surface area is 104 Å². The van der Waals surface area contributed by atoms with Gasteiger partial charge in [-0.25, -0.2) is 9.78 Å². The molecule has 0 radical (unpaired) electrons. The van der Waals surface area contributed by atoms with Crippen LogP contribution in [0.4, 0.5) is 0 Å². The number of fused-ring (bicyclic) bond motifs is 1. The summed E-state index contributed by atoms with van der Waals surface area (Å²) in [7, 11) is 1.32. The molecule has 0 spiro atoms. The van der Waals surface area contributed by atoms with Crippen molar-refractivity contribution in [1.29, 1.82) is 0 Å². The van der Waals surface area contributed by atoms with Gasteiger partial charge in [0, 0.05) is 5.39 Å². The predicted molar refractivity (Wildman–Crippen MR) is 67.6 cm³/mol. The fraction of sp³-hybridized carbons (Fsp3) is 0.231. The average molecular weight is 250 g/mol. The summed E-state index contributed by atoms with van der Waals surface area (Å²) in [5.41, 5.74) is 2.52. The number of pyridine rings is 1. The number of hydrogen-bond acceptors (Lipinski definition) is 3. The molecular weight excluding hydrogens is 238 g/mol. The van der Waals surface area contributed by atoms with Gasteiger partial charge in [0.2, 0.25) is 0 Å². The third-order valence-corrected chi connectivity index (χ3v) is 3.08. The largest absolute Gasteiger partial charge is 0.464 e. The normalized spacial score (nSPS) is 10.6. The van der Waals surface area contributed by atoms with Crippen LogP contribution < -0.4 is 0 Å². The minimum atomic E-state index is -0.480. The lowest BCUT2D eigenvalue weighted by atomic mass is 10.0. The summed E-state index contributed by atoms with van der Waals surface area (Å²) < 4.78 is 4.63. The van der Waals surface area contributed by atoms with Gasteiger partial charge in [-0.3, -0.25) is 0 Å². The fourth-order valence-corrected chi connectivity index (χ4v) is 1.95. The van der Waals surface area contributed by atoms with Crippen molar-refractivity contribution in [3.05, 3.63) is 40.2 Å². The Hall–Kier alpha value is -1.61. The van der Waals surface area contributed by atoms with Gasteiger partial charge in [0.05, 0.1) is 7.11 Å². The molecule has 2 rings (SSSR count). The van der Waals surface area contributed by atoms with E-state index in [1.54, 1.807) is 6.07 Å². The highest BCUT2D eigenvalue weighted by atomic mass is 35.5. The summed E-state index contributed by atoms with van der Waals surface area (Å²) in [6.45, 7) is 4.03. The van der Waals surface area contributed by atoms with Gasteiger partial charge in [0.25, 0.3) is 0 Å². The molecule has 17 heavy (non-hydrogen) atoms. The molecule has 0 unspecified atom stereocenters. The molecule has 1 aromatic heterocycles. The number of nitrogens with zero attached hydrogens (tertiary/aromatic N) is 1. The first kappa shape index (κ1) is 11.9. The van der Waals surface area contributed by atoms with Crippen molar-refractivity contribution in [2.24, 2.45) is 0 Å². The first-order chi connectivity index (χ1) is 8.02. The number of esters is 1. The maximum atomic E-state index is 11.4. The van der Waals surface area contributed by atoms with E-state index < -0.39 is 5.97 Å². The van der Waals surface area contributed by atoms with E-state index in [0.717, 1.165) is 21.9 Å². The Morgan fingerprint density at radius 1 is 1.24 bits per heavy atom. The molecular formula is C13H12ClNO2. The molecule has 88 valence electrons. The van der Waals surface area contributed by atoms with Crippen molar-refractivity contribution in [2.45, 2.75) is 13.8 Å². The molecule has 0 aliphatic rings. The van der Waals surface area contributed by atoms with Gasteiger partial charge in [-0.1, -0.05) is 17.7 Å². The molecule has 0 fully saturated rings. The number of methoxy groups -OCH3 is 1. The minimum Gasteiger partial charge on any atom is -0.464 e. The molecule has 0 saturated carbocycles. The van der Waals surface area contributed by atoms with E-state index in [0.29, 0.717) is 5.15 Å². The molecule has 2 aromatic rings. The van der Waals surface area contributed by atoms with Crippen LogP contribution in [0.1, 0.15) is 21.6 Å². The zero-order valence-electron chi connectivity index (χ0n) is 9.87. The Morgan fingerprint density at radius 3 is 2.53 bits per heavy atom. The van der Waals surface area contributed by atoms with Gasteiger partial charge < -0.3 is 4.74 Å². The third-order valence-electron chi connectivity index (χ3n) is 2.79. The third kappa shape index (κ3) is 2.11. The summed E-state index contributed by atoms with van der Waals surface area (Å²) in [6, 6.07) is 5.66. The van der Waals surface area contributed by atoms with E-state index in [4.69, 9.17) is 11.6 Å². The number of rotatable bonds is 1. The van der Waals surface area contributed by atoms with Crippen molar-refractivity contribution >= 4 is 28.3 Å². The van der Waals surface area contributed by atoms with E-state index in [-0.39, 0.29) is 5.69 Å². The van der Waals surface area contributed by atoms with Crippen molar-refractivity contribution in [1.82, 2.24) is 4.98 Å². The van der Waals surface area contributed by atoms with Gasteiger partial charge in [-0.2, -0.15) is 0 Å². The van der Waals surface area contributed by atoms with Crippen LogP contribution in [0.2, 0.25) is 5.15 Å². The first-order valence-electron chi connectivity index (χ1n) is 5.18. The van der Waals surface area contributed by atoms with E-state index >= 15 is 0 Å². The maximum absolute atomic E-state index is 11.4. The molecule has 1 aromatic carbocycles. The lowest BCUT2D eigenvalue weighted by molar-refractivity contribution is 0.0594. The molecule has 0 N–H and O–H groups in total. The molecule has 0 saturated heterocycles. The Balaban J connectivity index is 2.73. The number of benzene rings is 1.